The molecule has 62 valence electrons. The molecular formula is C10H15Cl. The summed E-state index contributed by atoms with van der Waals surface area (Å²) in [4.78, 5) is 0. The minimum absolute atomic E-state index is 0.465. The van der Waals surface area contributed by atoms with Crippen molar-refractivity contribution in [3.8, 4) is 0 Å². The van der Waals surface area contributed by atoms with E-state index in [1.807, 2.05) is 0 Å². The number of hydrogen-bond acceptors (Lipinski definition) is 0. The number of allylic oxidation sites excluding steroid dienone is 1. The maximum absolute atomic E-state index is 6.14. The van der Waals surface area contributed by atoms with Gasteiger partial charge in [0.15, 0.2) is 0 Å². The summed E-state index contributed by atoms with van der Waals surface area (Å²) >= 11 is 6.14. The highest BCUT2D eigenvalue weighted by atomic mass is 35.5. The van der Waals surface area contributed by atoms with E-state index in [2.05, 4.69) is 6.58 Å². The van der Waals surface area contributed by atoms with Crippen molar-refractivity contribution < 1.29 is 0 Å². The summed E-state index contributed by atoms with van der Waals surface area (Å²) in [5.41, 5.74) is 1.47. The van der Waals surface area contributed by atoms with Crippen LogP contribution in [0.3, 0.4) is 0 Å². The van der Waals surface area contributed by atoms with Crippen LogP contribution in [0.2, 0.25) is 0 Å². The molecule has 0 nitrogen and oxygen atoms in total. The monoisotopic (exact) mass is 170 g/mol. The molecule has 0 N–H and O–H groups in total. The van der Waals surface area contributed by atoms with Gasteiger partial charge in [0.1, 0.15) is 0 Å². The average molecular weight is 171 g/mol. The second kappa shape index (κ2) is 2.82. The van der Waals surface area contributed by atoms with Crippen LogP contribution in [0.15, 0.2) is 12.2 Å². The van der Waals surface area contributed by atoms with E-state index in [9.17, 15) is 0 Å². The molecule has 11 heavy (non-hydrogen) atoms. The summed E-state index contributed by atoms with van der Waals surface area (Å²) in [6.07, 6.45) is 6.38. The van der Waals surface area contributed by atoms with E-state index in [-0.39, 0.29) is 0 Å². The van der Waals surface area contributed by atoms with E-state index in [1.54, 1.807) is 0 Å². The van der Waals surface area contributed by atoms with Gasteiger partial charge in [0.25, 0.3) is 0 Å². The number of alkyl halides is 1. The third-order valence-corrected chi connectivity index (χ3v) is 3.36. The predicted molar refractivity (Wildman–Crippen MR) is 48.8 cm³/mol. The second-order valence-electron chi connectivity index (χ2n) is 4.19. The Bertz CT molecular complexity index is 154. The molecule has 0 aromatic rings. The molecule has 3 atom stereocenters. The molecule has 0 aromatic heterocycles. The first-order chi connectivity index (χ1) is 5.24. The van der Waals surface area contributed by atoms with Gasteiger partial charge in [-0.25, -0.2) is 0 Å². The molecule has 2 aliphatic rings. The zero-order valence-electron chi connectivity index (χ0n) is 6.85. The number of rotatable bonds is 0. The Morgan fingerprint density at radius 1 is 1.09 bits per heavy atom. The fraction of sp³-hybridized carbons (Fsp3) is 0.800. The van der Waals surface area contributed by atoms with Gasteiger partial charge in [-0.15, -0.1) is 11.6 Å². The maximum atomic E-state index is 6.14. The van der Waals surface area contributed by atoms with Gasteiger partial charge in [-0.2, -0.15) is 0 Å². The summed E-state index contributed by atoms with van der Waals surface area (Å²) in [5, 5.41) is 0.465. The van der Waals surface area contributed by atoms with Crippen molar-refractivity contribution in [3.63, 3.8) is 0 Å². The minimum Gasteiger partial charge on any atom is -0.123 e. The quantitative estimate of drug-likeness (QED) is 0.386. The van der Waals surface area contributed by atoms with E-state index in [1.165, 1.54) is 37.7 Å². The molecule has 2 saturated carbocycles. The van der Waals surface area contributed by atoms with Crippen molar-refractivity contribution in [1.29, 1.82) is 0 Å². The Morgan fingerprint density at radius 2 is 1.64 bits per heavy atom. The third kappa shape index (κ3) is 1.61. The number of halogens is 1. The molecule has 2 rings (SSSR count). The van der Waals surface area contributed by atoms with E-state index in [0.717, 1.165) is 11.8 Å². The van der Waals surface area contributed by atoms with Gasteiger partial charge in [-0.1, -0.05) is 12.2 Å². The Morgan fingerprint density at radius 3 is 2.18 bits per heavy atom. The zero-order chi connectivity index (χ0) is 7.84. The molecule has 0 spiro atoms. The van der Waals surface area contributed by atoms with Gasteiger partial charge < -0.3 is 0 Å². The molecule has 1 heteroatoms. The number of hydrogen-bond donors (Lipinski definition) is 0. The molecule has 2 fully saturated rings. The van der Waals surface area contributed by atoms with Gasteiger partial charge in [-0.05, 0) is 43.9 Å². The summed E-state index contributed by atoms with van der Waals surface area (Å²) in [7, 11) is 0. The molecule has 1 unspecified atom stereocenters. The van der Waals surface area contributed by atoms with Crippen molar-refractivity contribution >= 4 is 11.6 Å². The van der Waals surface area contributed by atoms with Crippen molar-refractivity contribution in [1.82, 2.24) is 0 Å². The molecule has 2 aliphatic carbocycles. The van der Waals surface area contributed by atoms with Crippen LogP contribution < -0.4 is 0 Å². The lowest BCUT2D eigenvalue weighted by molar-refractivity contribution is 0.233. The highest BCUT2D eigenvalue weighted by Gasteiger charge is 2.31. The highest BCUT2D eigenvalue weighted by Crippen LogP contribution is 2.43. The van der Waals surface area contributed by atoms with Crippen molar-refractivity contribution in [2.75, 3.05) is 0 Å². The lowest BCUT2D eigenvalue weighted by atomic mass is 9.70. The fourth-order valence-corrected chi connectivity index (χ4v) is 3.22. The summed E-state index contributed by atoms with van der Waals surface area (Å²) in [5.74, 6) is 1.75. The second-order valence-corrected chi connectivity index (χ2v) is 4.81. The Balaban J connectivity index is 2.05. The van der Waals surface area contributed by atoms with Gasteiger partial charge in [0, 0.05) is 5.38 Å². The average Bonchev–Trinajstić information content (AvgIpc) is 1.82. The summed E-state index contributed by atoms with van der Waals surface area (Å²) in [6.45, 7) is 4.08. The van der Waals surface area contributed by atoms with Crippen LogP contribution in [-0.4, -0.2) is 5.38 Å². The lowest BCUT2D eigenvalue weighted by Crippen LogP contribution is -2.27. The van der Waals surface area contributed by atoms with Gasteiger partial charge >= 0.3 is 0 Å². The standard InChI is InChI=1S/C10H15Cl/c1-7-2-8-4-9(3-7)6-10(11)5-8/h8-10H,1-6H2/t8-,9+,10?. The van der Waals surface area contributed by atoms with Gasteiger partial charge in [0.2, 0.25) is 0 Å². The first-order valence-corrected chi connectivity index (χ1v) is 4.98. The Hall–Kier alpha value is 0.0300. The smallest absolute Gasteiger partial charge is 0.0341 e. The largest absolute Gasteiger partial charge is 0.123 e. The van der Waals surface area contributed by atoms with Crippen LogP contribution >= 0.6 is 11.6 Å². The molecule has 0 radical (unpaired) electrons. The SMILES string of the molecule is C=C1C[C@@H]2CC(Cl)C[C@H](C1)C2. The predicted octanol–water partition coefficient (Wildman–Crippen LogP) is 3.36. The van der Waals surface area contributed by atoms with Crippen LogP contribution in [0.1, 0.15) is 32.1 Å². The van der Waals surface area contributed by atoms with Crippen molar-refractivity contribution in [2.24, 2.45) is 11.8 Å². The normalized spacial score (nSPS) is 44.1. The molecule has 0 aromatic carbocycles. The van der Waals surface area contributed by atoms with Crippen molar-refractivity contribution in [3.05, 3.63) is 12.2 Å². The maximum Gasteiger partial charge on any atom is 0.0341 e. The molecule has 0 amide bonds. The van der Waals surface area contributed by atoms with Crippen LogP contribution in [0.5, 0.6) is 0 Å². The van der Waals surface area contributed by atoms with E-state index in [4.69, 9.17) is 11.6 Å². The zero-order valence-corrected chi connectivity index (χ0v) is 7.61. The Labute approximate surface area is 73.6 Å². The number of fused-ring (bicyclic) bond motifs is 2. The van der Waals surface area contributed by atoms with Crippen LogP contribution in [0, 0.1) is 11.8 Å². The third-order valence-electron chi connectivity index (χ3n) is 3.00. The first-order valence-electron chi connectivity index (χ1n) is 4.54. The molecule has 0 heterocycles. The lowest BCUT2D eigenvalue weighted by Gasteiger charge is -2.37. The highest BCUT2D eigenvalue weighted by molar-refractivity contribution is 6.20. The minimum atomic E-state index is 0.465. The molecule has 0 aliphatic heterocycles. The van der Waals surface area contributed by atoms with Crippen LogP contribution in [-0.2, 0) is 0 Å². The molecular weight excluding hydrogens is 156 g/mol. The Kier molecular flexibility index (Phi) is 1.97. The summed E-state index contributed by atoms with van der Waals surface area (Å²) in [6, 6.07) is 0. The van der Waals surface area contributed by atoms with Crippen LogP contribution in [0.25, 0.3) is 0 Å². The topological polar surface area (TPSA) is 0 Å². The van der Waals surface area contributed by atoms with Crippen LogP contribution in [0.4, 0.5) is 0 Å². The van der Waals surface area contributed by atoms with Gasteiger partial charge in [0.05, 0.1) is 0 Å². The van der Waals surface area contributed by atoms with E-state index >= 15 is 0 Å². The van der Waals surface area contributed by atoms with E-state index in [0.29, 0.717) is 5.38 Å². The molecule has 2 bridgehead atoms. The van der Waals surface area contributed by atoms with E-state index < -0.39 is 0 Å². The van der Waals surface area contributed by atoms with Gasteiger partial charge in [-0.3, -0.25) is 0 Å². The summed E-state index contributed by atoms with van der Waals surface area (Å²) < 4.78 is 0. The molecule has 0 saturated heterocycles. The fourth-order valence-electron chi connectivity index (χ4n) is 2.72. The van der Waals surface area contributed by atoms with Crippen molar-refractivity contribution in [2.45, 2.75) is 37.5 Å². The first kappa shape index (κ1) is 7.67.